The first-order chi connectivity index (χ1) is 12.2. The first-order valence-electron chi connectivity index (χ1n) is 8.73. The Bertz CT molecular complexity index is 848. The molecular weight excluding hydrogens is 316 g/mol. The molecule has 1 saturated heterocycles. The van der Waals surface area contributed by atoms with Crippen molar-refractivity contribution in [3.8, 4) is 17.1 Å². The highest BCUT2D eigenvalue weighted by Gasteiger charge is 2.18. The third kappa shape index (κ3) is 3.27. The summed E-state index contributed by atoms with van der Waals surface area (Å²) in [5, 5.41) is 1.14. The zero-order chi connectivity index (χ0) is 17.2. The maximum Gasteiger partial charge on any atom is 0.119 e. The predicted octanol–water partition coefficient (Wildman–Crippen LogP) is 2.93. The number of aromatic nitrogens is 3. The lowest BCUT2D eigenvalue weighted by atomic mass is 10.2. The number of fused-ring (bicyclic) bond motifs is 1. The normalized spacial score (nSPS) is 17.0. The molecule has 132 valence electrons. The number of nitrogens with zero attached hydrogens (tertiary/aromatic N) is 3. The molecule has 1 N–H and O–H groups in total. The number of imidazole rings is 1. The average molecular weight is 340 g/mol. The molecule has 0 amide bonds. The van der Waals surface area contributed by atoms with Crippen LogP contribution in [-0.2, 0) is 4.74 Å². The number of hydrogen-bond donors (Lipinski definition) is 1. The van der Waals surface area contributed by atoms with Crippen LogP contribution in [0, 0.1) is 0 Å². The van der Waals surface area contributed by atoms with Gasteiger partial charge in [-0.3, -0.25) is 4.90 Å². The van der Waals surface area contributed by atoms with Gasteiger partial charge in [0.2, 0.25) is 0 Å². The van der Waals surface area contributed by atoms with Crippen molar-refractivity contribution in [2.45, 2.75) is 13.0 Å². The van der Waals surface area contributed by atoms with Crippen LogP contribution in [0.4, 0.5) is 0 Å². The summed E-state index contributed by atoms with van der Waals surface area (Å²) in [5.41, 5.74) is 3.29. The molecule has 0 saturated carbocycles. The van der Waals surface area contributed by atoms with Crippen LogP contribution in [0.2, 0.25) is 0 Å². The van der Waals surface area contributed by atoms with Gasteiger partial charge in [0.25, 0.3) is 0 Å². The van der Waals surface area contributed by atoms with Gasteiger partial charge in [0.15, 0.2) is 0 Å². The summed E-state index contributed by atoms with van der Waals surface area (Å²) in [6, 6.07) is 8.58. The monoisotopic (exact) mass is 340 g/mol. The Labute approximate surface area is 147 Å². The molecule has 0 unspecified atom stereocenters. The minimum absolute atomic E-state index is 0.344. The van der Waals surface area contributed by atoms with E-state index in [1.54, 1.807) is 7.11 Å². The number of nitrogens with one attached hydrogen (secondary N) is 1. The minimum Gasteiger partial charge on any atom is -0.497 e. The fraction of sp³-hybridized carbons (Fsp3) is 0.421. The van der Waals surface area contributed by atoms with Gasteiger partial charge in [-0.1, -0.05) is 0 Å². The van der Waals surface area contributed by atoms with E-state index in [4.69, 9.17) is 9.47 Å². The standard InChI is InChI=1S/C19H24N4O2/c1-14(12-22-5-7-25-8-6-22)23-13-20-11-19(23)18-10-15-9-16(24-2)3-4-17(15)21-18/h3-4,9-11,13-14,21H,5-8,12H2,1-2H3/t14-/m0/s1. The Hall–Kier alpha value is -2.31. The fourth-order valence-electron chi connectivity index (χ4n) is 3.49. The molecule has 0 spiro atoms. The number of ether oxygens (including phenoxy) is 2. The molecule has 6 heteroatoms. The van der Waals surface area contributed by atoms with Crippen molar-refractivity contribution >= 4 is 10.9 Å². The van der Waals surface area contributed by atoms with E-state index in [9.17, 15) is 0 Å². The van der Waals surface area contributed by atoms with Crippen molar-refractivity contribution in [2.75, 3.05) is 40.0 Å². The highest BCUT2D eigenvalue weighted by molar-refractivity contribution is 5.86. The van der Waals surface area contributed by atoms with E-state index < -0.39 is 0 Å². The Balaban J connectivity index is 1.60. The highest BCUT2D eigenvalue weighted by atomic mass is 16.5. The van der Waals surface area contributed by atoms with Crippen LogP contribution < -0.4 is 4.74 Å². The molecule has 25 heavy (non-hydrogen) atoms. The summed E-state index contributed by atoms with van der Waals surface area (Å²) in [6.07, 6.45) is 3.85. The van der Waals surface area contributed by atoms with Gasteiger partial charge in [0.05, 0.1) is 44.2 Å². The van der Waals surface area contributed by atoms with Crippen LogP contribution in [0.3, 0.4) is 0 Å². The van der Waals surface area contributed by atoms with Crippen molar-refractivity contribution in [2.24, 2.45) is 0 Å². The molecule has 3 heterocycles. The molecule has 6 nitrogen and oxygen atoms in total. The van der Waals surface area contributed by atoms with E-state index in [1.807, 2.05) is 24.7 Å². The molecule has 1 aliphatic heterocycles. The van der Waals surface area contributed by atoms with Crippen LogP contribution >= 0.6 is 0 Å². The van der Waals surface area contributed by atoms with Crippen molar-refractivity contribution in [3.05, 3.63) is 36.8 Å². The second kappa shape index (κ2) is 6.90. The first kappa shape index (κ1) is 16.2. The predicted molar refractivity (Wildman–Crippen MR) is 98.0 cm³/mol. The molecule has 4 rings (SSSR count). The highest BCUT2D eigenvalue weighted by Crippen LogP contribution is 2.28. The summed E-state index contributed by atoms with van der Waals surface area (Å²) >= 11 is 0. The van der Waals surface area contributed by atoms with E-state index in [1.165, 1.54) is 0 Å². The maximum atomic E-state index is 5.44. The van der Waals surface area contributed by atoms with E-state index in [0.717, 1.165) is 60.9 Å². The second-order valence-corrected chi connectivity index (χ2v) is 6.58. The molecule has 1 atom stereocenters. The third-order valence-corrected chi connectivity index (χ3v) is 4.87. The SMILES string of the molecule is COc1ccc2[nH]c(-c3cncn3[C@@H](C)CN3CCOCC3)cc2c1. The van der Waals surface area contributed by atoms with Gasteiger partial charge in [-0.05, 0) is 31.2 Å². The third-order valence-electron chi connectivity index (χ3n) is 4.87. The summed E-state index contributed by atoms with van der Waals surface area (Å²) in [7, 11) is 1.69. The molecule has 2 aromatic heterocycles. The van der Waals surface area contributed by atoms with Gasteiger partial charge in [-0.25, -0.2) is 4.98 Å². The molecule has 3 aromatic rings. The van der Waals surface area contributed by atoms with Crippen molar-refractivity contribution in [1.82, 2.24) is 19.4 Å². The first-order valence-corrected chi connectivity index (χ1v) is 8.73. The summed E-state index contributed by atoms with van der Waals surface area (Å²) < 4.78 is 13.0. The van der Waals surface area contributed by atoms with Gasteiger partial charge in [-0.15, -0.1) is 0 Å². The van der Waals surface area contributed by atoms with Gasteiger partial charge in [-0.2, -0.15) is 0 Å². The Morgan fingerprint density at radius 3 is 2.92 bits per heavy atom. The molecule has 0 bridgehead atoms. The fourth-order valence-corrected chi connectivity index (χ4v) is 3.49. The second-order valence-electron chi connectivity index (χ2n) is 6.58. The number of benzene rings is 1. The lowest BCUT2D eigenvalue weighted by Gasteiger charge is -2.30. The number of rotatable bonds is 5. The van der Waals surface area contributed by atoms with E-state index in [0.29, 0.717) is 6.04 Å². The summed E-state index contributed by atoms with van der Waals surface area (Å²) in [4.78, 5) is 10.3. The largest absolute Gasteiger partial charge is 0.497 e. The molecule has 0 radical (unpaired) electrons. The summed E-state index contributed by atoms with van der Waals surface area (Å²) in [5.74, 6) is 0.868. The van der Waals surface area contributed by atoms with Gasteiger partial charge < -0.3 is 19.0 Å². The van der Waals surface area contributed by atoms with Crippen LogP contribution in [0.15, 0.2) is 36.8 Å². The molecule has 1 aromatic carbocycles. The Kier molecular flexibility index (Phi) is 4.46. The molecule has 1 fully saturated rings. The number of H-pyrrole nitrogens is 1. The smallest absolute Gasteiger partial charge is 0.119 e. The zero-order valence-electron chi connectivity index (χ0n) is 14.7. The molecule has 1 aliphatic rings. The van der Waals surface area contributed by atoms with Crippen LogP contribution in [0.25, 0.3) is 22.3 Å². The lowest BCUT2D eigenvalue weighted by molar-refractivity contribution is 0.0326. The topological polar surface area (TPSA) is 55.3 Å². The van der Waals surface area contributed by atoms with E-state index >= 15 is 0 Å². The lowest BCUT2D eigenvalue weighted by Crippen LogP contribution is -2.39. The van der Waals surface area contributed by atoms with E-state index in [2.05, 4.69) is 38.5 Å². The van der Waals surface area contributed by atoms with Crippen molar-refractivity contribution in [3.63, 3.8) is 0 Å². The quantitative estimate of drug-likeness (QED) is 0.776. The zero-order valence-corrected chi connectivity index (χ0v) is 14.7. The maximum absolute atomic E-state index is 5.44. The van der Waals surface area contributed by atoms with E-state index in [-0.39, 0.29) is 0 Å². The molecular formula is C19H24N4O2. The van der Waals surface area contributed by atoms with Crippen LogP contribution in [0.1, 0.15) is 13.0 Å². The number of morpholine rings is 1. The van der Waals surface area contributed by atoms with Crippen LogP contribution in [-0.4, -0.2) is 59.4 Å². The Morgan fingerprint density at radius 1 is 1.28 bits per heavy atom. The Morgan fingerprint density at radius 2 is 2.12 bits per heavy atom. The van der Waals surface area contributed by atoms with Crippen molar-refractivity contribution in [1.29, 1.82) is 0 Å². The molecule has 0 aliphatic carbocycles. The van der Waals surface area contributed by atoms with Gasteiger partial charge in [0, 0.05) is 36.6 Å². The number of aromatic amines is 1. The minimum atomic E-state index is 0.344. The van der Waals surface area contributed by atoms with Crippen LogP contribution in [0.5, 0.6) is 5.75 Å². The average Bonchev–Trinajstić information content (AvgIpc) is 3.28. The van der Waals surface area contributed by atoms with Gasteiger partial charge >= 0.3 is 0 Å². The van der Waals surface area contributed by atoms with Crippen molar-refractivity contribution < 1.29 is 9.47 Å². The number of methoxy groups -OCH3 is 1. The number of hydrogen-bond acceptors (Lipinski definition) is 4. The van der Waals surface area contributed by atoms with Gasteiger partial charge in [0.1, 0.15) is 5.75 Å². The summed E-state index contributed by atoms with van der Waals surface area (Å²) in [6.45, 7) is 6.90.